The second-order valence-corrected chi connectivity index (χ2v) is 2.37. The van der Waals surface area contributed by atoms with E-state index in [-0.39, 0.29) is 24.4 Å². The maximum absolute atomic E-state index is 11.1. The van der Waals surface area contributed by atoms with E-state index in [1.807, 2.05) is 0 Å². The molecule has 12 heavy (non-hydrogen) atoms. The molecule has 0 aliphatic carbocycles. The van der Waals surface area contributed by atoms with E-state index in [9.17, 15) is 9.59 Å². The molecule has 64 valence electrons. The molecule has 2 N–H and O–H groups in total. The van der Waals surface area contributed by atoms with E-state index in [2.05, 4.69) is 0 Å². The minimum atomic E-state index is -0.477. The van der Waals surface area contributed by atoms with Crippen molar-refractivity contribution in [2.75, 3.05) is 0 Å². The number of rotatable bonds is 4. The summed E-state index contributed by atoms with van der Waals surface area (Å²) in [6.07, 6.45) is 1.60. The highest BCUT2D eigenvalue weighted by Gasteiger charge is 2.09. The van der Waals surface area contributed by atoms with Crippen molar-refractivity contribution in [2.24, 2.45) is 5.73 Å². The summed E-state index contributed by atoms with van der Waals surface area (Å²) in [5.74, 6) is -0.398. The topological polar surface area (TPSA) is 73.3 Å². The number of Topliss-reactive ketones (excluding diaryl/α,β-unsaturated/α-hetero) is 1. The minimum Gasteiger partial charge on any atom is -0.461 e. The second kappa shape index (κ2) is 3.71. The van der Waals surface area contributed by atoms with E-state index < -0.39 is 5.91 Å². The van der Waals surface area contributed by atoms with Crippen LogP contribution in [-0.2, 0) is 4.79 Å². The molecule has 1 rings (SSSR count). The number of ketones is 1. The lowest BCUT2D eigenvalue weighted by Crippen LogP contribution is -2.12. The van der Waals surface area contributed by atoms with Crippen LogP contribution < -0.4 is 5.73 Å². The number of primary amides is 1. The minimum absolute atomic E-state index is 0.0690. The third-order valence-corrected chi connectivity index (χ3v) is 1.39. The molecule has 0 radical (unpaired) electrons. The lowest BCUT2D eigenvalue weighted by atomic mass is 10.2. The molecule has 0 saturated carbocycles. The predicted octanol–water partition coefficient (Wildman–Crippen LogP) is 0.728. The normalized spacial score (nSPS) is 9.67. The standard InChI is InChI=1S/C8H9NO3/c9-8(11)4-3-6(10)7-2-1-5-12-7/h1-2,5H,3-4H2,(H2,9,11). The van der Waals surface area contributed by atoms with Gasteiger partial charge in [-0.15, -0.1) is 0 Å². The molecular weight excluding hydrogens is 158 g/mol. The van der Waals surface area contributed by atoms with Gasteiger partial charge in [0.25, 0.3) is 0 Å². The summed E-state index contributed by atoms with van der Waals surface area (Å²) in [5, 5.41) is 0. The molecular formula is C8H9NO3. The molecule has 0 saturated heterocycles. The molecule has 1 heterocycles. The summed E-state index contributed by atoms with van der Waals surface area (Å²) in [5.41, 5.74) is 4.87. The first-order chi connectivity index (χ1) is 5.70. The van der Waals surface area contributed by atoms with Crippen LogP contribution in [0.2, 0.25) is 0 Å². The molecule has 0 atom stereocenters. The highest BCUT2D eigenvalue weighted by Crippen LogP contribution is 2.05. The van der Waals surface area contributed by atoms with Crippen LogP contribution in [-0.4, -0.2) is 11.7 Å². The zero-order valence-corrected chi connectivity index (χ0v) is 6.45. The third kappa shape index (κ3) is 2.23. The van der Waals surface area contributed by atoms with Crippen molar-refractivity contribution in [1.29, 1.82) is 0 Å². The van der Waals surface area contributed by atoms with Gasteiger partial charge in [-0.25, -0.2) is 0 Å². The Kier molecular flexibility index (Phi) is 2.63. The Hall–Kier alpha value is -1.58. The fourth-order valence-electron chi connectivity index (χ4n) is 0.797. The molecule has 1 aromatic heterocycles. The zero-order chi connectivity index (χ0) is 8.97. The number of carbonyl (C=O) groups excluding carboxylic acids is 2. The Morgan fingerprint density at radius 3 is 2.67 bits per heavy atom. The van der Waals surface area contributed by atoms with Crippen LogP contribution in [0.5, 0.6) is 0 Å². The zero-order valence-electron chi connectivity index (χ0n) is 6.45. The van der Waals surface area contributed by atoms with E-state index in [0.717, 1.165) is 0 Å². The van der Waals surface area contributed by atoms with E-state index in [1.54, 1.807) is 12.1 Å². The van der Waals surface area contributed by atoms with E-state index >= 15 is 0 Å². The highest BCUT2D eigenvalue weighted by atomic mass is 16.3. The number of hydrogen-bond donors (Lipinski definition) is 1. The number of amides is 1. The maximum Gasteiger partial charge on any atom is 0.217 e. The molecule has 4 nitrogen and oxygen atoms in total. The van der Waals surface area contributed by atoms with Crippen LogP contribution in [0.1, 0.15) is 23.4 Å². The van der Waals surface area contributed by atoms with Gasteiger partial charge in [0.15, 0.2) is 11.5 Å². The maximum atomic E-state index is 11.1. The Morgan fingerprint density at radius 1 is 1.42 bits per heavy atom. The summed E-state index contributed by atoms with van der Waals surface area (Å²) >= 11 is 0. The molecule has 1 amide bonds. The lowest BCUT2D eigenvalue weighted by molar-refractivity contribution is -0.118. The Morgan fingerprint density at radius 2 is 2.17 bits per heavy atom. The molecule has 4 heteroatoms. The monoisotopic (exact) mass is 167 g/mol. The van der Waals surface area contributed by atoms with E-state index in [4.69, 9.17) is 10.2 Å². The largest absolute Gasteiger partial charge is 0.461 e. The summed E-state index contributed by atoms with van der Waals surface area (Å²) in [6.45, 7) is 0. The molecule has 0 spiro atoms. The van der Waals surface area contributed by atoms with Gasteiger partial charge in [-0.1, -0.05) is 0 Å². The van der Waals surface area contributed by atoms with Crippen molar-refractivity contribution >= 4 is 11.7 Å². The van der Waals surface area contributed by atoms with Crippen LogP contribution in [0.25, 0.3) is 0 Å². The van der Waals surface area contributed by atoms with Crippen molar-refractivity contribution in [3.63, 3.8) is 0 Å². The number of carbonyl (C=O) groups is 2. The van der Waals surface area contributed by atoms with Gasteiger partial charge < -0.3 is 10.2 Å². The van der Waals surface area contributed by atoms with Crippen LogP contribution in [0.15, 0.2) is 22.8 Å². The van der Waals surface area contributed by atoms with Crippen molar-refractivity contribution in [2.45, 2.75) is 12.8 Å². The van der Waals surface area contributed by atoms with Crippen molar-refractivity contribution in [1.82, 2.24) is 0 Å². The Bertz CT molecular complexity index is 277. The van der Waals surface area contributed by atoms with E-state index in [1.165, 1.54) is 6.26 Å². The first-order valence-electron chi connectivity index (χ1n) is 3.55. The van der Waals surface area contributed by atoms with Gasteiger partial charge in [-0.2, -0.15) is 0 Å². The van der Waals surface area contributed by atoms with Crippen molar-refractivity contribution in [3.05, 3.63) is 24.2 Å². The molecule has 0 aliphatic heterocycles. The molecule has 0 aliphatic rings. The third-order valence-electron chi connectivity index (χ3n) is 1.39. The molecule has 0 aromatic carbocycles. The van der Waals surface area contributed by atoms with Crippen LogP contribution in [0, 0.1) is 0 Å². The number of hydrogen-bond acceptors (Lipinski definition) is 3. The number of furan rings is 1. The molecule has 0 fully saturated rings. The summed E-state index contributed by atoms with van der Waals surface area (Å²) in [6, 6.07) is 3.18. The van der Waals surface area contributed by atoms with Gasteiger partial charge >= 0.3 is 0 Å². The average molecular weight is 167 g/mol. The molecule has 0 unspecified atom stereocenters. The highest BCUT2D eigenvalue weighted by molar-refractivity contribution is 5.95. The first-order valence-corrected chi connectivity index (χ1v) is 3.55. The van der Waals surface area contributed by atoms with Crippen LogP contribution >= 0.6 is 0 Å². The second-order valence-electron chi connectivity index (χ2n) is 2.37. The van der Waals surface area contributed by atoms with Crippen LogP contribution in [0.4, 0.5) is 0 Å². The smallest absolute Gasteiger partial charge is 0.217 e. The van der Waals surface area contributed by atoms with Crippen LogP contribution in [0.3, 0.4) is 0 Å². The van der Waals surface area contributed by atoms with E-state index in [0.29, 0.717) is 0 Å². The fraction of sp³-hybridized carbons (Fsp3) is 0.250. The Balaban J connectivity index is 2.45. The predicted molar refractivity (Wildman–Crippen MR) is 41.5 cm³/mol. The fourth-order valence-corrected chi connectivity index (χ4v) is 0.797. The van der Waals surface area contributed by atoms with Gasteiger partial charge in [0.2, 0.25) is 5.91 Å². The lowest BCUT2D eigenvalue weighted by Gasteiger charge is -1.92. The summed E-state index contributed by atoms with van der Waals surface area (Å²) in [7, 11) is 0. The van der Waals surface area contributed by atoms with Crippen molar-refractivity contribution in [3.8, 4) is 0 Å². The molecule has 0 bridgehead atoms. The van der Waals surface area contributed by atoms with Crippen molar-refractivity contribution < 1.29 is 14.0 Å². The van der Waals surface area contributed by atoms with Gasteiger partial charge in [0.1, 0.15) is 0 Å². The van der Waals surface area contributed by atoms with Gasteiger partial charge in [0, 0.05) is 12.8 Å². The summed E-state index contributed by atoms with van der Waals surface area (Å²) < 4.78 is 4.83. The van der Waals surface area contributed by atoms with Gasteiger partial charge in [-0.3, -0.25) is 9.59 Å². The average Bonchev–Trinajstić information content (AvgIpc) is 2.51. The summed E-state index contributed by atoms with van der Waals surface area (Å²) in [4.78, 5) is 21.4. The van der Waals surface area contributed by atoms with Gasteiger partial charge in [-0.05, 0) is 12.1 Å². The quantitative estimate of drug-likeness (QED) is 0.671. The number of nitrogens with two attached hydrogens (primary N) is 1. The molecule has 1 aromatic rings. The first kappa shape index (κ1) is 8.52. The van der Waals surface area contributed by atoms with Gasteiger partial charge in [0.05, 0.1) is 6.26 Å². The SMILES string of the molecule is NC(=O)CCC(=O)c1ccco1. The Labute approximate surface area is 69.3 Å².